The van der Waals surface area contributed by atoms with Crippen LogP contribution in [-0.4, -0.2) is 31.1 Å². The molecule has 3 heteroatoms. The highest BCUT2D eigenvalue weighted by atomic mass is 79.9. The summed E-state index contributed by atoms with van der Waals surface area (Å²) in [5.74, 6) is 0. The van der Waals surface area contributed by atoms with Crippen LogP contribution in [-0.2, 0) is 0 Å². The van der Waals surface area contributed by atoms with Gasteiger partial charge < -0.3 is 10.2 Å². The van der Waals surface area contributed by atoms with E-state index in [1.54, 1.807) is 0 Å². The van der Waals surface area contributed by atoms with Crippen molar-refractivity contribution in [3.8, 4) is 0 Å². The molecule has 1 N–H and O–H groups in total. The molecule has 0 bridgehead atoms. The van der Waals surface area contributed by atoms with Gasteiger partial charge >= 0.3 is 0 Å². The van der Waals surface area contributed by atoms with Crippen LogP contribution in [0.5, 0.6) is 0 Å². The number of halogens is 1. The SMILES string of the molecule is Brc1ccc2cc(NCCN3CCCC3)ccc2c1. The molecule has 2 aromatic rings. The van der Waals surface area contributed by atoms with Crippen molar-refractivity contribution in [2.45, 2.75) is 12.8 Å². The van der Waals surface area contributed by atoms with Crippen LogP contribution in [0.1, 0.15) is 12.8 Å². The van der Waals surface area contributed by atoms with Gasteiger partial charge in [-0.25, -0.2) is 0 Å². The van der Waals surface area contributed by atoms with Crippen LogP contribution in [0.3, 0.4) is 0 Å². The number of benzene rings is 2. The van der Waals surface area contributed by atoms with Gasteiger partial charge in [0.1, 0.15) is 0 Å². The minimum absolute atomic E-state index is 1.03. The Morgan fingerprint density at radius 3 is 2.58 bits per heavy atom. The first-order valence-electron chi connectivity index (χ1n) is 6.97. The van der Waals surface area contributed by atoms with E-state index in [9.17, 15) is 0 Å². The second-order valence-electron chi connectivity index (χ2n) is 5.18. The molecule has 100 valence electrons. The Morgan fingerprint density at radius 2 is 1.74 bits per heavy atom. The van der Waals surface area contributed by atoms with Crippen LogP contribution in [0.2, 0.25) is 0 Å². The number of anilines is 1. The summed E-state index contributed by atoms with van der Waals surface area (Å²) in [7, 11) is 0. The summed E-state index contributed by atoms with van der Waals surface area (Å²) < 4.78 is 1.13. The van der Waals surface area contributed by atoms with E-state index in [0.29, 0.717) is 0 Å². The average Bonchev–Trinajstić information content (AvgIpc) is 2.92. The van der Waals surface area contributed by atoms with E-state index >= 15 is 0 Å². The third-order valence-electron chi connectivity index (χ3n) is 3.76. The van der Waals surface area contributed by atoms with Gasteiger partial charge in [-0.1, -0.05) is 28.1 Å². The van der Waals surface area contributed by atoms with Gasteiger partial charge in [-0.15, -0.1) is 0 Å². The summed E-state index contributed by atoms with van der Waals surface area (Å²) >= 11 is 3.51. The van der Waals surface area contributed by atoms with Gasteiger partial charge in [0.05, 0.1) is 0 Å². The fraction of sp³-hybridized carbons (Fsp3) is 0.375. The molecule has 1 fully saturated rings. The Balaban J connectivity index is 1.62. The third kappa shape index (κ3) is 3.28. The lowest BCUT2D eigenvalue weighted by molar-refractivity contribution is 0.352. The molecule has 0 aromatic heterocycles. The van der Waals surface area contributed by atoms with Gasteiger partial charge in [-0.2, -0.15) is 0 Å². The van der Waals surface area contributed by atoms with Gasteiger partial charge in [-0.3, -0.25) is 0 Å². The van der Waals surface area contributed by atoms with E-state index in [0.717, 1.165) is 17.6 Å². The number of nitrogens with one attached hydrogen (secondary N) is 1. The molecule has 0 aliphatic carbocycles. The first kappa shape index (κ1) is 12.9. The van der Waals surface area contributed by atoms with Gasteiger partial charge in [0.15, 0.2) is 0 Å². The first-order valence-corrected chi connectivity index (χ1v) is 7.76. The lowest BCUT2D eigenvalue weighted by Gasteiger charge is -2.15. The molecular formula is C16H19BrN2. The zero-order chi connectivity index (χ0) is 13.1. The van der Waals surface area contributed by atoms with Crippen molar-refractivity contribution in [3.63, 3.8) is 0 Å². The van der Waals surface area contributed by atoms with E-state index in [2.05, 4.69) is 62.5 Å². The summed E-state index contributed by atoms with van der Waals surface area (Å²) in [5.41, 5.74) is 1.22. The number of likely N-dealkylation sites (tertiary alicyclic amines) is 1. The van der Waals surface area contributed by atoms with Gasteiger partial charge in [0.2, 0.25) is 0 Å². The van der Waals surface area contributed by atoms with Crippen LogP contribution >= 0.6 is 15.9 Å². The number of hydrogen-bond donors (Lipinski definition) is 1. The van der Waals surface area contributed by atoms with E-state index in [1.165, 1.54) is 42.4 Å². The molecule has 0 atom stereocenters. The molecular weight excluding hydrogens is 300 g/mol. The smallest absolute Gasteiger partial charge is 0.0347 e. The zero-order valence-corrected chi connectivity index (χ0v) is 12.6. The molecule has 19 heavy (non-hydrogen) atoms. The van der Waals surface area contributed by atoms with Crippen molar-refractivity contribution in [1.29, 1.82) is 0 Å². The molecule has 0 spiro atoms. The highest BCUT2D eigenvalue weighted by Gasteiger charge is 2.10. The Morgan fingerprint density at radius 1 is 1.00 bits per heavy atom. The van der Waals surface area contributed by atoms with E-state index in [4.69, 9.17) is 0 Å². The van der Waals surface area contributed by atoms with Crippen molar-refractivity contribution < 1.29 is 0 Å². The number of fused-ring (bicyclic) bond motifs is 1. The molecule has 0 saturated carbocycles. The number of nitrogens with zero attached hydrogens (tertiary/aromatic N) is 1. The topological polar surface area (TPSA) is 15.3 Å². The fourth-order valence-electron chi connectivity index (χ4n) is 2.69. The predicted molar refractivity (Wildman–Crippen MR) is 85.8 cm³/mol. The summed E-state index contributed by atoms with van der Waals surface area (Å²) in [4.78, 5) is 2.53. The van der Waals surface area contributed by atoms with Crippen LogP contribution in [0.4, 0.5) is 5.69 Å². The molecule has 0 unspecified atom stereocenters. The Labute approximate surface area is 122 Å². The summed E-state index contributed by atoms with van der Waals surface area (Å²) in [5, 5.41) is 6.09. The maximum absolute atomic E-state index is 3.52. The monoisotopic (exact) mass is 318 g/mol. The lowest BCUT2D eigenvalue weighted by Crippen LogP contribution is -2.25. The van der Waals surface area contributed by atoms with Crippen molar-refractivity contribution in [2.24, 2.45) is 0 Å². The standard InChI is InChI=1S/C16H19BrN2/c17-15-5-3-14-12-16(6-4-13(14)11-15)18-7-10-19-8-1-2-9-19/h3-6,11-12,18H,1-2,7-10H2. The van der Waals surface area contributed by atoms with Crippen LogP contribution < -0.4 is 5.32 Å². The molecule has 3 rings (SSSR count). The van der Waals surface area contributed by atoms with E-state index in [-0.39, 0.29) is 0 Å². The average molecular weight is 319 g/mol. The molecule has 0 amide bonds. The van der Waals surface area contributed by atoms with Gasteiger partial charge in [-0.05, 0) is 61.0 Å². The quantitative estimate of drug-likeness (QED) is 0.912. The summed E-state index contributed by atoms with van der Waals surface area (Å²) in [6.45, 7) is 4.72. The molecule has 2 aromatic carbocycles. The maximum atomic E-state index is 3.52. The predicted octanol–water partition coefficient (Wildman–Crippen LogP) is 4.11. The van der Waals surface area contributed by atoms with Crippen molar-refractivity contribution >= 4 is 32.4 Å². The van der Waals surface area contributed by atoms with Crippen molar-refractivity contribution in [3.05, 3.63) is 40.9 Å². The number of rotatable bonds is 4. The highest BCUT2D eigenvalue weighted by molar-refractivity contribution is 9.10. The molecule has 2 nitrogen and oxygen atoms in total. The van der Waals surface area contributed by atoms with Crippen LogP contribution in [0.25, 0.3) is 10.8 Å². The minimum atomic E-state index is 1.03. The van der Waals surface area contributed by atoms with Crippen molar-refractivity contribution in [2.75, 3.05) is 31.5 Å². The fourth-order valence-corrected chi connectivity index (χ4v) is 3.07. The Kier molecular flexibility index (Phi) is 4.04. The lowest BCUT2D eigenvalue weighted by atomic mass is 10.1. The molecule has 1 aliphatic heterocycles. The van der Waals surface area contributed by atoms with Crippen LogP contribution in [0, 0.1) is 0 Å². The summed E-state index contributed by atoms with van der Waals surface area (Å²) in [6, 6.07) is 13.0. The third-order valence-corrected chi connectivity index (χ3v) is 4.25. The first-order chi connectivity index (χ1) is 9.31. The highest BCUT2D eigenvalue weighted by Crippen LogP contribution is 2.22. The molecule has 1 heterocycles. The molecule has 0 radical (unpaired) electrons. The Bertz CT molecular complexity index is 562. The largest absolute Gasteiger partial charge is 0.384 e. The second kappa shape index (κ2) is 5.93. The van der Waals surface area contributed by atoms with Gasteiger partial charge in [0.25, 0.3) is 0 Å². The second-order valence-corrected chi connectivity index (χ2v) is 6.10. The van der Waals surface area contributed by atoms with E-state index < -0.39 is 0 Å². The Hall–Kier alpha value is -1.06. The summed E-state index contributed by atoms with van der Waals surface area (Å²) in [6.07, 6.45) is 2.73. The molecule has 1 aliphatic rings. The number of hydrogen-bond acceptors (Lipinski definition) is 2. The molecule has 1 saturated heterocycles. The van der Waals surface area contributed by atoms with Crippen molar-refractivity contribution in [1.82, 2.24) is 4.90 Å². The maximum Gasteiger partial charge on any atom is 0.0347 e. The van der Waals surface area contributed by atoms with Gasteiger partial charge in [0, 0.05) is 23.2 Å². The van der Waals surface area contributed by atoms with E-state index in [1.807, 2.05) is 0 Å². The van der Waals surface area contributed by atoms with Crippen LogP contribution in [0.15, 0.2) is 40.9 Å². The normalized spacial score (nSPS) is 16.1. The zero-order valence-electron chi connectivity index (χ0n) is 11.0. The minimum Gasteiger partial charge on any atom is -0.384 e.